The highest BCUT2D eigenvalue weighted by Crippen LogP contribution is 2.22. The highest BCUT2D eigenvalue weighted by molar-refractivity contribution is 7.13. The van der Waals surface area contributed by atoms with Gasteiger partial charge in [-0.25, -0.2) is 4.98 Å². The minimum absolute atomic E-state index is 0.230. The van der Waals surface area contributed by atoms with Crippen molar-refractivity contribution in [1.82, 2.24) is 9.97 Å². The lowest BCUT2D eigenvalue weighted by Crippen LogP contribution is -2.22. The molecule has 112 valence electrons. The van der Waals surface area contributed by atoms with Crippen LogP contribution in [0.15, 0.2) is 29.9 Å². The van der Waals surface area contributed by atoms with Crippen LogP contribution in [0.5, 0.6) is 0 Å². The van der Waals surface area contributed by atoms with E-state index in [1.54, 1.807) is 30.7 Å². The smallest absolute Gasteiger partial charge is 0.311 e. The standard InChI is InChI=1S/C15H19N3O2S/c1-3-18(10-12-5-7-16-8-6-12)15-17-13(11-21-15)9-14(19)20-4-2/h5-8,11H,3-4,9-10H2,1-2H3. The Labute approximate surface area is 128 Å². The van der Waals surface area contributed by atoms with Crippen molar-refractivity contribution in [3.63, 3.8) is 0 Å². The lowest BCUT2D eigenvalue weighted by Gasteiger charge is -2.19. The molecule has 0 saturated carbocycles. The molecule has 0 aliphatic rings. The van der Waals surface area contributed by atoms with Crippen LogP contribution in [0.2, 0.25) is 0 Å². The molecule has 0 aromatic carbocycles. The molecule has 5 nitrogen and oxygen atoms in total. The minimum atomic E-state index is -0.230. The van der Waals surface area contributed by atoms with Crippen molar-refractivity contribution >= 4 is 22.4 Å². The summed E-state index contributed by atoms with van der Waals surface area (Å²) in [5.41, 5.74) is 1.95. The van der Waals surface area contributed by atoms with Crippen molar-refractivity contribution in [2.24, 2.45) is 0 Å². The molecule has 0 radical (unpaired) electrons. The van der Waals surface area contributed by atoms with E-state index in [1.807, 2.05) is 17.5 Å². The monoisotopic (exact) mass is 305 g/mol. The summed E-state index contributed by atoms with van der Waals surface area (Å²) in [4.78, 5) is 22.2. The molecule has 2 rings (SSSR count). The highest BCUT2D eigenvalue weighted by Gasteiger charge is 2.12. The molecular formula is C15H19N3O2S. The quantitative estimate of drug-likeness (QED) is 0.736. The van der Waals surface area contributed by atoms with Gasteiger partial charge in [-0.15, -0.1) is 11.3 Å². The number of carbonyl (C=O) groups is 1. The molecule has 0 aliphatic carbocycles. The van der Waals surface area contributed by atoms with Crippen molar-refractivity contribution < 1.29 is 9.53 Å². The first-order chi connectivity index (χ1) is 10.2. The first-order valence-electron chi connectivity index (χ1n) is 6.96. The second-order valence-electron chi connectivity index (χ2n) is 4.47. The average molecular weight is 305 g/mol. The summed E-state index contributed by atoms with van der Waals surface area (Å²) >= 11 is 1.55. The lowest BCUT2D eigenvalue weighted by atomic mass is 10.2. The van der Waals surface area contributed by atoms with Gasteiger partial charge in [0.15, 0.2) is 5.13 Å². The summed E-state index contributed by atoms with van der Waals surface area (Å²) in [7, 11) is 0. The van der Waals surface area contributed by atoms with Crippen LogP contribution in [0, 0.1) is 0 Å². The molecule has 0 bridgehead atoms. The molecule has 6 heteroatoms. The molecule has 0 spiro atoms. The minimum Gasteiger partial charge on any atom is -0.466 e. The van der Waals surface area contributed by atoms with Gasteiger partial charge in [0.1, 0.15) is 0 Å². The van der Waals surface area contributed by atoms with Crippen LogP contribution in [0.1, 0.15) is 25.1 Å². The van der Waals surface area contributed by atoms with Crippen LogP contribution in [0.25, 0.3) is 0 Å². The van der Waals surface area contributed by atoms with Crippen molar-refractivity contribution in [2.75, 3.05) is 18.1 Å². The second kappa shape index (κ2) is 7.73. The van der Waals surface area contributed by atoms with Gasteiger partial charge in [-0.1, -0.05) is 0 Å². The van der Waals surface area contributed by atoms with Crippen LogP contribution < -0.4 is 4.90 Å². The fraction of sp³-hybridized carbons (Fsp3) is 0.400. The number of nitrogens with zero attached hydrogens (tertiary/aromatic N) is 3. The number of pyridine rings is 1. The lowest BCUT2D eigenvalue weighted by molar-refractivity contribution is -0.142. The summed E-state index contributed by atoms with van der Waals surface area (Å²) in [6.45, 7) is 5.94. The zero-order valence-corrected chi connectivity index (χ0v) is 13.1. The Morgan fingerprint density at radius 2 is 2.10 bits per heavy atom. The maximum atomic E-state index is 11.5. The molecule has 21 heavy (non-hydrogen) atoms. The zero-order valence-electron chi connectivity index (χ0n) is 12.3. The molecule has 0 amide bonds. The number of aromatic nitrogens is 2. The Kier molecular flexibility index (Phi) is 5.68. The third-order valence-electron chi connectivity index (χ3n) is 2.95. The third-order valence-corrected chi connectivity index (χ3v) is 3.90. The second-order valence-corrected chi connectivity index (χ2v) is 5.31. The van der Waals surface area contributed by atoms with Crippen LogP contribution in [0.3, 0.4) is 0 Å². The molecule has 0 atom stereocenters. The Balaban J connectivity index is 2.02. The summed E-state index contributed by atoms with van der Waals surface area (Å²) < 4.78 is 4.94. The average Bonchev–Trinajstić information content (AvgIpc) is 2.94. The van der Waals surface area contributed by atoms with Crippen LogP contribution >= 0.6 is 11.3 Å². The maximum Gasteiger partial charge on any atom is 0.311 e. The molecule has 0 fully saturated rings. The first-order valence-corrected chi connectivity index (χ1v) is 7.84. The Hall–Kier alpha value is -1.95. The molecule has 2 heterocycles. The topological polar surface area (TPSA) is 55.3 Å². The van der Waals surface area contributed by atoms with E-state index < -0.39 is 0 Å². The van der Waals surface area contributed by atoms with Gasteiger partial charge >= 0.3 is 5.97 Å². The van der Waals surface area contributed by atoms with E-state index in [-0.39, 0.29) is 12.4 Å². The van der Waals surface area contributed by atoms with E-state index in [1.165, 1.54) is 5.56 Å². The van der Waals surface area contributed by atoms with Crippen molar-refractivity contribution in [1.29, 1.82) is 0 Å². The number of hydrogen-bond acceptors (Lipinski definition) is 6. The van der Waals surface area contributed by atoms with Crippen LogP contribution in [-0.4, -0.2) is 29.1 Å². The number of carbonyl (C=O) groups excluding carboxylic acids is 1. The Morgan fingerprint density at radius 3 is 2.76 bits per heavy atom. The SMILES string of the molecule is CCOC(=O)Cc1csc(N(CC)Cc2ccncc2)n1. The zero-order chi connectivity index (χ0) is 15.1. The normalized spacial score (nSPS) is 10.4. The van der Waals surface area contributed by atoms with Gasteiger partial charge in [-0.05, 0) is 31.5 Å². The Morgan fingerprint density at radius 1 is 1.33 bits per heavy atom. The molecule has 2 aromatic heterocycles. The van der Waals surface area contributed by atoms with Gasteiger partial charge in [-0.2, -0.15) is 0 Å². The van der Waals surface area contributed by atoms with Gasteiger partial charge in [0.05, 0.1) is 18.7 Å². The number of esters is 1. The molecule has 0 N–H and O–H groups in total. The number of hydrogen-bond donors (Lipinski definition) is 0. The number of rotatable bonds is 7. The maximum absolute atomic E-state index is 11.5. The van der Waals surface area contributed by atoms with Gasteiger partial charge in [0, 0.05) is 30.9 Å². The molecular weight excluding hydrogens is 286 g/mol. The van der Waals surface area contributed by atoms with Gasteiger partial charge in [-0.3, -0.25) is 9.78 Å². The molecule has 0 unspecified atom stereocenters. The van der Waals surface area contributed by atoms with Crippen molar-refractivity contribution in [3.05, 3.63) is 41.2 Å². The molecule has 0 saturated heterocycles. The van der Waals surface area contributed by atoms with Gasteiger partial charge in [0.2, 0.25) is 0 Å². The van der Waals surface area contributed by atoms with E-state index in [0.29, 0.717) is 6.61 Å². The molecule has 2 aromatic rings. The third kappa shape index (κ3) is 4.53. The predicted molar refractivity (Wildman–Crippen MR) is 83.4 cm³/mol. The van der Waals surface area contributed by atoms with Crippen molar-refractivity contribution in [2.45, 2.75) is 26.8 Å². The number of ether oxygens (including phenoxy) is 1. The predicted octanol–water partition coefficient (Wildman–Crippen LogP) is 2.67. The van der Waals surface area contributed by atoms with E-state index in [4.69, 9.17) is 4.74 Å². The summed E-state index contributed by atoms with van der Waals surface area (Å²) in [6, 6.07) is 3.99. The highest BCUT2D eigenvalue weighted by atomic mass is 32.1. The number of thiazole rings is 1. The number of anilines is 1. The summed E-state index contributed by atoms with van der Waals surface area (Å²) in [5.74, 6) is -0.230. The van der Waals surface area contributed by atoms with Crippen LogP contribution in [-0.2, 0) is 22.5 Å². The van der Waals surface area contributed by atoms with Gasteiger partial charge in [0.25, 0.3) is 0 Å². The molecule has 0 aliphatic heterocycles. The fourth-order valence-corrected chi connectivity index (χ4v) is 2.80. The van der Waals surface area contributed by atoms with Gasteiger partial charge < -0.3 is 9.64 Å². The fourth-order valence-electron chi connectivity index (χ4n) is 1.91. The first kappa shape index (κ1) is 15.4. The van der Waals surface area contributed by atoms with E-state index in [9.17, 15) is 4.79 Å². The van der Waals surface area contributed by atoms with Crippen LogP contribution in [0.4, 0.5) is 5.13 Å². The summed E-state index contributed by atoms with van der Waals surface area (Å²) in [6.07, 6.45) is 3.81. The van der Waals surface area contributed by atoms with E-state index in [0.717, 1.165) is 23.9 Å². The van der Waals surface area contributed by atoms with E-state index >= 15 is 0 Å². The largest absolute Gasteiger partial charge is 0.466 e. The van der Waals surface area contributed by atoms with E-state index in [2.05, 4.69) is 21.8 Å². The Bertz CT molecular complexity index is 571. The van der Waals surface area contributed by atoms with Crippen molar-refractivity contribution in [3.8, 4) is 0 Å². The summed E-state index contributed by atoms with van der Waals surface area (Å²) in [5, 5.41) is 2.84.